The maximum atomic E-state index is 5.76. The minimum absolute atomic E-state index is 0.453. The van der Waals surface area contributed by atoms with Crippen LogP contribution in [0.25, 0.3) is 10.2 Å². The van der Waals surface area contributed by atoms with Crippen LogP contribution in [0.2, 0.25) is 0 Å². The number of halogens is 1. The van der Waals surface area contributed by atoms with Crippen LogP contribution in [0.1, 0.15) is 19.5 Å². The van der Waals surface area contributed by atoms with Crippen LogP contribution in [-0.2, 0) is 5.88 Å². The molecule has 5 heteroatoms. The number of alkyl halides is 1. The third-order valence-electron chi connectivity index (χ3n) is 2.49. The molecule has 3 nitrogen and oxygen atoms in total. The van der Waals surface area contributed by atoms with Gasteiger partial charge in [-0.2, -0.15) is 0 Å². The van der Waals surface area contributed by atoms with Crippen molar-refractivity contribution in [2.45, 2.75) is 19.7 Å². The lowest BCUT2D eigenvalue weighted by Gasteiger charge is -2.16. The molecule has 0 saturated heterocycles. The van der Waals surface area contributed by atoms with Gasteiger partial charge >= 0.3 is 0 Å². The molecular formula is C11H14ClN3S. The predicted molar refractivity (Wildman–Crippen MR) is 70.5 cm³/mol. The van der Waals surface area contributed by atoms with E-state index in [1.54, 1.807) is 17.5 Å². The van der Waals surface area contributed by atoms with Crippen LogP contribution in [0.3, 0.4) is 0 Å². The van der Waals surface area contributed by atoms with Crippen LogP contribution in [0.4, 0.5) is 5.13 Å². The van der Waals surface area contributed by atoms with Crippen molar-refractivity contribution in [1.29, 1.82) is 0 Å². The summed E-state index contributed by atoms with van der Waals surface area (Å²) < 4.78 is 1.16. The second kappa shape index (κ2) is 4.97. The molecule has 2 aromatic heterocycles. The summed E-state index contributed by atoms with van der Waals surface area (Å²) in [7, 11) is 0. The lowest BCUT2D eigenvalue weighted by Crippen LogP contribution is -2.21. The van der Waals surface area contributed by atoms with Crippen LogP contribution < -0.4 is 4.90 Å². The van der Waals surface area contributed by atoms with Crippen molar-refractivity contribution < 1.29 is 0 Å². The Morgan fingerprint density at radius 1 is 1.38 bits per heavy atom. The molecule has 0 saturated carbocycles. The highest BCUT2D eigenvalue weighted by Gasteiger charge is 2.09. The molecule has 0 N–H and O–H groups in total. The van der Waals surface area contributed by atoms with Gasteiger partial charge in [0.2, 0.25) is 0 Å². The average molecular weight is 256 g/mol. The van der Waals surface area contributed by atoms with E-state index in [0.29, 0.717) is 5.88 Å². The van der Waals surface area contributed by atoms with Crippen molar-refractivity contribution in [3.8, 4) is 0 Å². The lowest BCUT2D eigenvalue weighted by atomic mass is 10.4. The largest absolute Gasteiger partial charge is 0.349 e. The molecule has 0 bridgehead atoms. The molecule has 0 spiro atoms. The van der Waals surface area contributed by atoms with Gasteiger partial charge in [-0.3, -0.25) is 4.98 Å². The van der Waals surface area contributed by atoms with Crippen molar-refractivity contribution in [1.82, 2.24) is 9.97 Å². The summed E-state index contributed by atoms with van der Waals surface area (Å²) in [5.41, 5.74) is 1.87. The summed E-state index contributed by atoms with van der Waals surface area (Å²) in [6, 6.07) is 2.02. The molecule has 2 heterocycles. The first-order chi connectivity index (χ1) is 7.78. The number of anilines is 1. The number of fused-ring (bicyclic) bond motifs is 1. The van der Waals surface area contributed by atoms with E-state index in [9.17, 15) is 0 Å². The van der Waals surface area contributed by atoms with Gasteiger partial charge in [-0.1, -0.05) is 11.3 Å². The van der Waals surface area contributed by atoms with Gasteiger partial charge in [0.25, 0.3) is 0 Å². The molecular weight excluding hydrogens is 242 g/mol. The molecule has 0 unspecified atom stereocenters. The van der Waals surface area contributed by atoms with E-state index in [1.165, 1.54) is 0 Å². The standard InChI is InChI=1S/C11H14ClN3S/c1-3-15(4-2)11-14-9-7-13-8(6-12)5-10(9)16-11/h5,7H,3-4,6H2,1-2H3. The molecule has 0 aliphatic rings. The van der Waals surface area contributed by atoms with Gasteiger partial charge < -0.3 is 4.90 Å². The normalized spacial score (nSPS) is 10.9. The highest BCUT2D eigenvalue weighted by molar-refractivity contribution is 7.22. The molecule has 0 amide bonds. The quantitative estimate of drug-likeness (QED) is 0.786. The van der Waals surface area contributed by atoms with E-state index >= 15 is 0 Å². The monoisotopic (exact) mass is 255 g/mol. The Bertz CT molecular complexity index is 479. The summed E-state index contributed by atoms with van der Waals surface area (Å²) >= 11 is 7.46. The van der Waals surface area contributed by atoms with E-state index in [1.807, 2.05) is 6.07 Å². The van der Waals surface area contributed by atoms with Crippen LogP contribution in [-0.4, -0.2) is 23.1 Å². The molecule has 0 aromatic carbocycles. The zero-order valence-electron chi connectivity index (χ0n) is 9.40. The fourth-order valence-corrected chi connectivity index (χ4v) is 2.83. The molecule has 16 heavy (non-hydrogen) atoms. The fourth-order valence-electron chi connectivity index (χ4n) is 1.56. The van der Waals surface area contributed by atoms with Gasteiger partial charge in [0.05, 0.1) is 22.5 Å². The van der Waals surface area contributed by atoms with Crippen molar-refractivity contribution >= 4 is 38.3 Å². The van der Waals surface area contributed by atoms with Crippen LogP contribution in [0.15, 0.2) is 12.3 Å². The first-order valence-corrected chi connectivity index (χ1v) is 6.70. The maximum absolute atomic E-state index is 5.76. The summed E-state index contributed by atoms with van der Waals surface area (Å²) in [6.07, 6.45) is 1.80. The molecule has 0 atom stereocenters. The Morgan fingerprint density at radius 3 is 2.75 bits per heavy atom. The van der Waals surface area contributed by atoms with E-state index in [2.05, 4.69) is 28.7 Å². The topological polar surface area (TPSA) is 29.0 Å². The Balaban J connectivity index is 2.43. The minimum atomic E-state index is 0.453. The third kappa shape index (κ3) is 2.13. The first-order valence-electron chi connectivity index (χ1n) is 5.34. The minimum Gasteiger partial charge on any atom is -0.349 e. The van der Waals surface area contributed by atoms with Crippen molar-refractivity contribution in [2.75, 3.05) is 18.0 Å². The van der Waals surface area contributed by atoms with Gasteiger partial charge in [0.15, 0.2) is 5.13 Å². The fraction of sp³-hybridized carbons (Fsp3) is 0.455. The zero-order valence-corrected chi connectivity index (χ0v) is 11.0. The SMILES string of the molecule is CCN(CC)c1nc2cnc(CCl)cc2s1. The predicted octanol–water partition coefficient (Wildman–Crippen LogP) is 3.28. The van der Waals surface area contributed by atoms with E-state index < -0.39 is 0 Å². The highest BCUT2D eigenvalue weighted by Crippen LogP contribution is 2.28. The second-order valence-electron chi connectivity index (χ2n) is 3.45. The van der Waals surface area contributed by atoms with Gasteiger partial charge in [-0.25, -0.2) is 4.98 Å². The zero-order chi connectivity index (χ0) is 11.5. The summed E-state index contributed by atoms with van der Waals surface area (Å²) in [6.45, 7) is 6.23. The smallest absolute Gasteiger partial charge is 0.186 e. The van der Waals surface area contributed by atoms with E-state index in [-0.39, 0.29) is 0 Å². The molecule has 2 aromatic rings. The molecule has 0 radical (unpaired) electrons. The van der Waals surface area contributed by atoms with Gasteiger partial charge in [-0.15, -0.1) is 11.6 Å². The average Bonchev–Trinajstić information content (AvgIpc) is 2.72. The lowest BCUT2D eigenvalue weighted by molar-refractivity contribution is 0.862. The molecule has 0 aliphatic carbocycles. The molecule has 0 aliphatic heterocycles. The van der Waals surface area contributed by atoms with Crippen LogP contribution >= 0.6 is 22.9 Å². The number of pyridine rings is 1. The van der Waals surface area contributed by atoms with E-state index in [4.69, 9.17) is 11.6 Å². The van der Waals surface area contributed by atoms with Crippen LogP contribution in [0.5, 0.6) is 0 Å². The number of aromatic nitrogens is 2. The van der Waals surface area contributed by atoms with Gasteiger partial charge in [-0.05, 0) is 19.9 Å². The van der Waals surface area contributed by atoms with Crippen LogP contribution in [0, 0.1) is 0 Å². The summed E-state index contributed by atoms with van der Waals surface area (Å²) in [4.78, 5) is 11.1. The van der Waals surface area contributed by atoms with Crippen molar-refractivity contribution in [3.63, 3.8) is 0 Å². The number of hydrogen-bond acceptors (Lipinski definition) is 4. The second-order valence-corrected chi connectivity index (χ2v) is 4.72. The third-order valence-corrected chi connectivity index (χ3v) is 3.84. The number of nitrogens with zero attached hydrogens (tertiary/aromatic N) is 3. The van der Waals surface area contributed by atoms with E-state index in [0.717, 1.165) is 34.1 Å². The number of rotatable bonds is 4. The Morgan fingerprint density at radius 2 is 2.12 bits per heavy atom. The Labute approximate surface area is 104 Å². The molecule has 86 valence electrons. The number of hydrogen-bond donors (Lipinski definition) is 0. The highest BCUT2D eigenvalue weighted by atomic mass is 35.5. The summed E-state index contributed by atoms with van der Waals surface area (Å²) in [5.74, 6) is 0.453. The maximum Gasteiger partial charge on any atom is 0.186 e. The van der Waals surface area contributed by atoms with Crippen molar-refractivity contribution in [3.05, 3.63) is 18.0 Å². The first kappa shape index (κ1) is 11.6. The van der Waals surface area contributed by atoms with Crippen molar-refractivity contribution in [2.24, 2.45) is 0 Å². The van der Waals surface area contributed by atoms with Gasteiger partial charge in [0, 0.05) is 13.1 Å². The molecule has 2 rings (SSSR count). The Kier molecular flexibility index (Phi) is 3.61. The molecule has 0 fully saturated rings. The summed E-state index contributed by atoms with van der Waals surface area (Å²) in [5, 5.41) is 1.06. The van der Waals surface area contributed by atoms with Gasteiger partial charge in [0.1, 0.15) is 5.52 Å². The number of thiazole rings is 1. The Hall–Kier alpha value is -0.870.